The highest BCUT2D eigenvalue weighted by atomic mass is 16.1. The first-order valence-electron chi connectivity index (χ1n) is 8.33. The molecule has 19 heavy (non-hydrogen) atoms. The zero-order valence-electron chi connectivity index (χ0n) is 12.3. The van der Waals surface area contributed by atoms with E-state index in [-0.39, 0.29) is 5.91 Å². The van der Waals surface area contributed by atoms with E-state index in [2.05, 4.69) is 10.2 Å². The average Bonchev–Trinajstić information content (AvgIpc) is 2.92. The predicted molar refractivity (Wildman–Crippen MR) is 79.1 cm³/mol. The van der Waals surface area contributed by atoms with Crippen LogP contribution in [0.15, 0.2) is 0 Å². The summed E-state index contributed by atoms with van der Waals surface area (Å²) < 4.78 is 0. The van der Waals surface area contributed by atoms with Gasteiger partial charge in [-0.25, -0.2) is 0 Å². The van der Waals surface area contributed by atoms with Crippen molar-refractivity contribution in [3.05, 3.63) is 0 Å². The van der Waals surface area contributed by atoms with Gasteiger partial charge in [-0.3, -0.25) is 4.79 Å². The standard InChI is InChI=1S/C16H30N2O/c19-16(14-15-8-2-1-3-9-15)17-10-4-5-11-18-12-6-7-13-18/h15H,1-14H2,(H,17,19). The third-order valence-electron chi connectivity index (χ3n) is 4.62. The Kier molecular flexibility index (Phi) is 6.69. The van der Waals surface area contributed by atoms with Crippen molar-refractivity contribution in [3.63, 3.8) is 0 Å². The summed E-state index contributed by atoms with van der Waals surface area (Å²) in [4.78, 5) is 14.4. The summed E-state index contributed by atoms with van der Waals surface area (Å²) in [5.41, 5.74) is 0. The lowest BCUT2D eigenvalue weighted by Crippen LogP contribution is -2.28. The van der Waals surface area contributed by atoms with E-state index in [1.807, 2.05) is 0 Å². The van der Waals surface area contributed by atoms with Gasteiger partial charge in [0.25, 0.3) is 0 Å². The Morgan fingerprint density at radius 1 is 1.00 bits per heavy atom. The summed E-state index contributed by atoms with van der Waals surface area (Å²) in [5, 5.41) is 3.10. The molecule has 3 heteroatoms. The van der Waals surface area contributed by atoms with E-state index >= 15 is 0 Å². The number of nitrogens with one attached hydrogen (secondary N) is 1. The lowest BCUT2D eigenvalue weighted by Gasteiger charge is -2.20. The number of amides is 1. The van der Waals surface area contributed by atoms with E-state index in [0.29, 0.717) is 5.92 Å². The lowest BCUT2D eigenvalue weighted by atomic mass is 9.87. The quantitative estimate of drug-likeness (QED) is 0.719. The number of unbranched alkanes of at least 4 members (excludes halogenated alkanes) is 1. The molecule has 1 aliphatic carbocycles. The molecule has 0 bridgehead atoms. The van der Waals surface area contributed by atoms with E-state index in [0.717, 1.165) is 19.4 Å². The summed E-state index contributed by atoms with van der Waals surface area (Å²) in [6, 6.07) is 0. The van der Waals surface area contributed by atoms with Crippen molar-refractivity contribution >= 4 is 5.91 Å². The second kappa shape index (κ2) is 8.57. The monoisotopic (exact) mass is 266 g/mol. The highest BCUT2D eigenvalue weighted by molar-refractivity contribution is 5.76. The Balaban J connectivity index is 1.44. The molecule has 0 radical (unpaired) electrons. The summed E-state index contributed by atoms with van der Waals surface area (Å²) >= 11 is 0. The van der Waals surface area contributed by atoms with Gasteiger partial charge in [-0.15, -0.1) is 0 Å². The fourth-order valence-electron chi connectivity index (χ4n) is 3.42. The molecule has 1 N–H and O–H groups in total. The molecule has 0 aromatic heterocycles. The van der Waals surface area contributed by atoms with Gasteiger partial charge in [-0.1, -0.05) is 19.3 Å². The molecule has 1 heterocycles. The molecule has 2 rings (SSSR count). The molecule has 1 saturated heterocycles. The Hall–Kier alpha value is -0.570. The molecule has 110 valence electrons. The SMILES string of the molecule is O=C(CC1CCCCC1)NCCCCN1CCCC1. The smallest absolute Gasteiger partial charge is 0.220 e. The van der Waals surface area contributed by atoms with Crippen LogP contribution >= 0.6 is 0 Å². The van der Waals surface area contributed by atoms with Crippen LogP contribution in [0.2, 0.25) is 0 Å². The molecule has 3 nitrogen and oxygen atoms in total. The molecule has 2 aliphatic rings. The minimum absolute atomic E-state index is 0.285. The fourth-order valence-corrected chi connectivity index (χ4v) is 3.42. The third kappa shape index (κ3) is 5.94. The summed E-state index contributed by atoms with van der Waals surface area (Å²) in [7, 11) is 0. The maximum atomic E-state index is 11.8. The lowest BCUT2D eigenvalue weighted by molar-refractivity contribution is -0.122. The van der Waals surface area contributed by atoms with Crippen molar-refractivity contribution in [3.8, 4) is 0 Å². The van der Waals surface area contributed by atoms with Crippen molar-refractivity contribution in [2.45, 2.75) is 64.2 Å². The van der Waals surface area contributed by atoms with Gasteiger partial charge in [0.05, 0.1) is 0 Å². The third-order valence-corrected chi connectivity index (χ3v) is 4.62. The van der Waals surface area contributed by atoms with E-state index in [4.69, 9.17) is 0 Å². The highest BCUT2D eigenvalue weighted by Gasteiger charge is 2.16. The molecule has 1 amide bonds. The Morgan fingerprint density at radius 2 is 1.74 bits per heavy atom. The highest BCUT2D eigenvalue weighted by Crippen LogP contribution is 2.25. The molecule has 0 spiro atoms. The molecular weight excluding hydrogens is 236 g/mol. The molecule has 0 aromatic rings. The van der Waals surface area contributed by atoms with Crippen LogP contribution in [-0.4, -0.2) is 37.0 Å². The van der Waals surface area contributed by atoms with Gasteiger partial charge < -0.3 is 10.2 Å². The van der Waals surface area contributed by atoms with Gasteiger partial charge in [0.15, 0.2) is 0 Å². The zero-order chi connectivity index (χ0) is 13.3. The molecule has 1 saturated carbocycles. The zero-order valence-corrected chi connectivity index (χ0v) is 12.3. The van der Waals surface area contributed by atoms with Crippen LogP contribution in [0, 0.1) is 5.92 Å². The molecule has 0 aromatic carbocycles. The van der Waals surface area contributed by atoms with Gasteiger partial charge in [-0.05, 0) is 64.1 Å². The summed E-state index contributed by atoms with van der Waals surface area (Å²) in [5.74, 6) is 0.950. The van der Waals surface area contributed by atoms with E-state index < -0.39 is 0 Å². The van der Waals surface area contributed by atoms with Crippen LogP contribution in [0.4, 0.5) is 0 Å². The second-order valence-electron chi connectivity index (χ2n) is 6.31. The summed E-state index contributed by atoms with van der Waals surface area (Å²) in [6.07, 6.45) is 12.4. The van der Waals surface area contributed by atoms with E-state index in [1.54, 1.807) is 0 Å². The van der Waals surface area contributed by atoms with Gasteiger partial charge >= 0.3 is 0 Å². The first-order chi connectivity index (χ1) is 9.34. The largest absolute Gasteiger partial charge is 0.356 e. The maximum absolute atomic E-state index is 11.8. The van der Waals surface area contributed by atoms with Crippen molar-refractivity contribution in [2.24, 2.45) is 5.92 Å². The molecular formula is C16H30N2O. The molecule has 1 aliphatic heterocycles. The van der Waals surface area contributed by atoms with E-state index in [9.17, 15) is 4.79 Å². The Labute approximate surface area is 118 Å². The van der Waals surface area contributed by atoms with Crippen LogP contribution in [0.25, 0.3) is 0 Å². The first kappa shape index (κ1) is 14.8. The molecule has 0 atom stereocenters. The Bertz CT molecular complexity index is 255. The number of carbonyl (C=O) groups is 1. The normalized spacial score (nSPS) is 21.7. The van der Waals surface area contributed by atoms with Crippen molar-refractivity contribution in [2.75, 3.05) is 26.2 Å². The number of rotatable bonds is 7. The number of hydrogen-bond donors (Lipinski definition) is 1. The van der Waals surface area contributed by atoms with Crippen LogP contribution in [0.3, 0.4) is 0 Å². The molecule has 2 fully saturated rings. The average molecular weight is 266 g/mol. The fraction of sp³-hybridized carbons (Fsp3) is 0.938. The van der Waals surface area contributed by atoms with Crippen molar-refractivity contribution < 1.29 is 4.79 Å². The second-order valence-corrected chi connectivity index (χ2v) is 6.31. The van der Waals surface area contributed by atoms with Gasteiger partial charge in [-0.2, -0.15) is 0 Å². The number of hydrogen-bond acceptors (Lipinski definition) is 2. The van der Waals surface area contributed by atoms with Gasteiger partial charge in [0.1, 0.15) is 0 Å². The first-order valence-corrected chi connectivity index (χ1v) is 8.33. The number of carbonyl (C=O) groups excluding carboxylic acids is 1. The number of likely N-dealkylation sites (tertiary alicyclic amines) is 1. The van der Waals surface area contributed by atoms with Crippen LogP contribution in [0.5, 0.6) is 0 Å². The van der Waals surface area contributed by atoms with Crippen molar-refractivity contribution in [1.82, 2.24) is 10.2 Å². The molecule has 0 unspecified atom stereocenters. The topological polar surface area (TPSA) is 32.3 Å². The minimum Gasteiger partial charge on any atom is -0.356 e. The predicted octanol–water partition coefficient (Wildman–Crippen LogP) is 2.95. The van der Waals surface area contributed by atoms with Crippen molar-refractivity contribution in [1.29, 1.82) is 0 Å². The number of nitrogens with zero attached hydrogens (tertiary/aromatic N) is 1. The minimum atomic E-state index is 0.285. The van der Waals surface area contributed by atoms with Crippen LogP contribution in [0.1, 0.15) is 64.2 Å². The Morgan fingerprint density at radius 3 is 2.47 bits per heavy atom. The maximum Gasteiger partial charge on any atom is 0.220 e. The van der Waals surface area contributed by atoms with Gasteiger partial charge in [0.2, 0.25) is 5.91 Å². The van der Waals surface area contributed by atoms with Gasteiger partial charge in [0, 0.05) is 13.0 Å². The summed E-state index contributed by atoms with van der Waals surface area (Å²) in [6.45, 7) is 4.67. The van der Waals surface area contributed by atoms with Crippen LogP contribution in [-0.2, 0) is 4.79 Å². The van der Waals surface area contributed by atoms with Crippen LogP contribution < -0.4 is 5.32 Å². The van der Waals surface area contributed by atoms with E-state index in [1.165, 1.54) is 71.0 Å².